The number of aromatic hydroxyl groups is 1. The summed E-state index contributed by atoms with van der Waals surface area (Å²) in [5.41, 5.74) is 2.58. The first-order valence-electron chi connectivity index (χ1n) is 7.15. The van der Waals surface area contributed by atoms with Crippen molar-refractivity contribution in [2.75, 3.05) is 11.9 Å². The first-order valence-corrected chi connectivity index (χ1v) is 7.15. The van der Waals surface area contributed by atoms with E-state index in [0.29, 0.717) is 23.4 Å². The summed E-state index contributed by atoms with van der Waals surface area (Å²) in [4.78, 5) is 23.4. The fourth-order valence-electron chi connectivity index (χ4n) is 2.59. The molecule has 0 bridgehead atoms. The van der Waals surface area contributed by atoms with Crippen LogP contribution in [0.15, 0.2) is 42.5 Å². The highest BCUT2D eigenvalue weighted by Crippen LogP contribution is 2.24. The summed E-state index contributed by atoms with van der Waals surface area (Å²) in [5, 5.41) is 14.9. The van der Waals surface area contributed by atoms with Crippen molar-refractivity contribution >= 4 is 17.5 Å². The van der Waals surface area contributed by atoms with Crippen LogP contribution < -0.4 is 10.6 Å². The number of nitrogens with one attached hydrogen (secondary N) is 2. The Morgan fingerprint density at radius 2 is 1.86 bits per heavy atom. The van der Waals surface area contributed by atoms with E-state index in [1.807, 2.05) is 12.1 Å². The Morgan fingerprint density at radius 3 is 2.68 bits per heavy atom. The average molecular weight is 296 g/mol. The maximum Gasteiger partial charge on any atom is 0.261 e. The maximum atomic E-state index is 11.8. The molecule has 1 aliphatic heterocycles. The van der Waals surface area contributed by atoms with Gasteiger partial charge in [0.2, 0.25) is 0 Å². The predicted molar refractivity (Wildman–Crippen MR) is 83.2 cm³/mol. The normalized spacial score (nSPS) is 12.9. The summed E-state index contributed by atoms with van der Waals surface area (Å²) in [5.74, 6) is -0.430. The van der Waals surface area contributed by atoms with E-state index in [1.54, 1.807) is 30.3 Å². The van der Waals surface area contributed by atoms with Crippen LogP contribution in [-0.4, -0.2) is 23.5 Å². The van der Waals surface area contributed by atoms with E-state index in [0.717, 1.165) is 18.4 Å². The quantitative estimate of drug-likeness (QED) is 0.584. The molecule has 0 atom stereocenters. The van der Waals surface area contributed by atoms with Gasteiger partial charge in [0, 0.05) is 12.2 Å². The lowest BCUT2D eigenvalue weighted by atomic mass is 10.1. The minimum atomic E-state index is -0.351. The number of benzene rings is 2. The molecule has 2 aromatic rings. The molecule has 0 aliphatic carbocycles. The van der Waals surface area contributed by atoms with Crippen LogP contribution in [0.4, 0.5) is 5.69 Å². The molecule has 0 saturated heterocycles. The van der Waals surface area contributed by atoms with Crippen LogP contribution in [0.3, 0.4) is 0 Å². The van der Waals surface area contributed by atoms with Crippen molar-refractivity contribution in [3.8, 4) is 5.75 Å². The van der Waals surface area contributed by atoms with Gasteiger partial charge in [-0.05, 0) is 42.7 Å². The molecule has 0 unspecified atom stereocenters. The van der Waals surface area contributed by atoms with Gasteiger partial charge in [0.05, 0.1) is 11.1 Å². The minimum Gasteiger partial charge on any atom is -0.508 e. The summed E-state index contributed by atoms with van der Waals surface area (Å²) in [7, 11) is 0. The number of hydrogen-bond acceptors (Lipinski definition) is 4. The second-order valence-electron chi connectivity index (χ2n) is 5.21. The summed E-state index contributed by atoms with van der Waals surface area (Å²) in [6, 6.07) is 12.4. The van der Waals surface area contributed by atoms with Gasteiger partial charge >= 0.3 is 0 Å². The van der Waals surface area contributed by atoms with Gasteiger partial charge in [-0.2, -0.15) is 0 Å². The minimum absolute atomic E-state index is 0.265. The maximum absolute atomic E-state index is 11.8. The smallest absolute Gasteiger partial charge is 0.261 e. The third kappa shape index (κ3) is 2.79. The number of amides is 2. The van der Waals surface area contributed by atoms with Gasteiger partial charge in [-0.15, -0.1) is 0 Å². The number of hydrogen-bond donors (Lipinski definition) is 3. The zero-order valence-corrected chi connectivity index (χ0v) is 11.9. The highest BCUT2D eigenvalue weighted by molar-refractivity contribution is 6.23. The zero-order valence-electron chi connectivity index (χ0n) is 11.9. The van der Waals surface area contributed by atoms with Crippen molar-refractivity contribution in [2.24, 2.45) is 0 Å². The second kappa shape index (κ2) is 5.89. The zero-order chi connectivity index (χ0) is 15.5. The topological polar surface area (TPSA) is 78.4 Å². The number of carbonyl (C=O) groups is 2. The average Bonchev–Trinajstić information content (AvgIpc) is 2.79. The number of fused-ring (bicyclic) bond motifs is 1. The number of aryl methyl sites for hydroxylation is 1. The summed E-state index contributed by atoms with van der Waals surface area (Å²) in [6.45, 7) is 0.674. The molecule has 0 fully saturated rings. The molecule has 3 rings (SSSR count). The first-order chi connectivity index (χ1) is 10.6. The summed E-state index contributed by atoms with van der Waals surface area (Å²) < 4.78 is 0. The Balaban J connectivity index is 1.61. The molecular formula is C17H16N2O3. The van der Waals surface area contributed by atoms with Crippen LogP contribution in [0.1, 0.15) is 32.7 Å². The lowest BCUT2D eigenvalue weighted by Gasteiger charge is -2.09. The number of imide groups is 1. The fourth-order valence-corrected chi connectivity index (χ4v) is 2.59. The predicted octanol–water partition coefficient (Wildman–Crippen LogP) is 2.32. The van der Waals surface area contributed by atoms with E-state index < -0.39 is 0 Å². The molecule has 112 valence electrons. The Morgan fingerprint density at radius 1 is 1.05 bits per heavy atom. The molecular weight excluding hydrogens is 280 g/mol. The molecule has 0 aromatic heterocycles. The van der Waals surface area contributed by atoms with E-state index in [4.69, 9.17) is 0 Å². The molecule has 1 heterocycles. The van der Waals surface area contributed by atoms with Gasteiger partial charge in [-0.25, -0.2) is 0 Å². The van der Waals surface area contributed by atoms with Gasteiger partial charge in [0.15, 0.2) is 0 Å². The fraction of sp³-hybridized carbons (Fsp3) is 0.176. The van der Waals surface area contributed by atoms with Crippen molar-refractivity contribution in [2.45, 2.75) is 12.8 Å². The van der Waals surface area contributed by atoms with Crippen molar-refractivity contribution < 1.29 is 14.7 Å². The van der Waals surface area contributed by atoms with Gasteiger partial charge in [-0.1, -0.05) is 18.2 Å². The van der Waals surface area contributed by atoms with E-state index in [2.05, 4.69) is 10.6 Å². The van der Waals surface area contributed by atoms with E-state index in [9.17, 15) is 14.7 Å². The van der Waals surface area contributed by atoms with E-state index >= 15 is 0 Å². The molecule has 0 radical (unpaired) electrons. The third-order valence-corrected chi connectivity index (χ3v) is 3.63. The van der Waals surface area contributed by atoms with E-state index in [1.165, 1.54) is 0 Å². The number of phenols is 1. The summed E-state index contributed by atoms with van der Waals surface area (Å²) >= 11 is 0. The standard InChI is InChI=1S/C17H16N2O3/c20-12-6-1-4-11(10-12)5-3-9-18-14-8-2-7-13-15(14)17(22)19-16(13)21/h1-2,4,6-8,10,18,20H,3,5,9H2,(H,19,21,22). The van der Waals surface area contributed by atoms with Crippen LogP contribution in [0.2, 0.25) is 0 Å². The monoisotopic (exact) mass is 296 g/mol. The van der Waals surface area contributed by atoms with E-state index in [-0.39, 0.29) is 17.6 Å². The van der Waals surface area contributed by atoms with Gasteiger partial charge in [0.25, 0.3) is 11.8 Å². The van der Waals surface area contributed by atoms with Gasteiger partial charge in [-0.3, -0.25) is 14.9 Å². The molecule has 22 heavy (non-hydrogen) atoms. The third-order valence-electron chi connectivity index (χ3n) is 3.63. The Hall–Kier alpha value is -2.82. The highest BCUT2D eigenvalue weighted by Gasteiger charge is 2.28. The largest absolute Gasteiger partial charge is 0.508 e. The molecule has 5 nitrogen and oxygen atoms in total. The Labute approximate surface area is 128 Å². The number of rotatable bonds is 5. The van der Waals surface area contributed by atoms with Crippen molar-refractivity contribution in [1.82, 2.24) is 5.32 Å². The lowest BCUT2D eigenvalue weighted by Crippen LogP contribution is -2.20. The second-order valence-corrected chi connectivity index (χ2v) is 5.21. The summed E-state index contributed by atoms with van der Waals surface area (Å²) in [6.07, 6.45) is 1.67. The SMILES string of the molecule is O=C1NC(=O)c2c(NCCCc3cccc(O)c3)cccc21. The number of phenolic OH excluding ortho intramolecular Hbond substituents is 1. The van der Waals surface area contributed by atoms with Crippen molar-refractivity contribution in [3.05, 3.63) is 59.2 Å². The van der Waals surface area contributed by atoms with Crippen LogP contribution in [0, 0.1) is 0 Å². The molecule has 0 spiro atoms. The Kier molecular flexibility index (Phi) is 3.78. The van der Waals surface area contributed by atoms with Crippen LogP contribution in [0.25, 0.3) is 0 Å². The van der Waals surface area contributed by atoms with Crippen LogP contribution in [0.5, 0.6) is 5.75 Å². The van der Waals surface area contributed by atoms with Crippen LogP contribution >= 0.6 is 0 Å². The van der Waals surface area contributed by atoms with Gasteiger partial charge in [0.1, 0.15) is 5.75 Å². The molecule has 2 amide bonds. The Bertz CT molecular complexity index is 740. The molecule has 1 aliphatic rings. The van der Waals surface area contributed by atoms with Crippen molar-refractivity contribution in [3.63, 3.8) is 0 Å². The molecule has 0 saturated carbocycles. The van der Waals surface area contributed by atoms with Gasteiger partial charge < -0.3 is 10.4 Å². The molecule has 5 heteroatoms. The lowest BCUT2D eigenvalue weighted by molar-refractivity contribution is 0.0880. The van der Waals surface area contributed by atoms with Crippen molar-refractivity contribution in [1.29, 1.82) is 0 Å². The first kappa shape index (κ1) is 14.1. The number of carbonyl (C=O) groups excluding carboxylic acids is 2. The number of anilines is 1. The highest BCUT2D eigenvalue weighted by atomic mass is 16.3. The molecule has 2 aromatic carbocycles. The van der Waals surface area contributed by atoms with Crippen LogP contribution in [-0.2, 0) is 6.42 Å². The molecule has 3 N–H and O–H groups in total.